The van der Waals surface area contributed by atoms with E-state index < -0.39 is 0 Å². The van der Waals surface area contributed by atoms with Crippen LogP contribution in [-0.4, -0.2) is 22.1 Å². The average molecular weight is 285 g/mol. The lowest BCUT2D eigenvalue weighted by atomic mass is 9.99. The molecule has 1 fully saturated rings. The molecule has 114 valence electrons. The lowest BCUT2D eigenvalue weighted by molar-refractivity contribution is 0.395. The van der Waals surface area contributed by atoms with Gasteiger partial charge in [-0.25, -0.2) is 4.98 Å². The molecular weight excluding hydrogens is 258 g/mol. The SMILES string of the molecule is CCCn1c(CC2CCCC2NCC)nc2ccccc21. The number of aromatic nitrogens is 2. The van der Waals surface area contributed by atoms with Gasteiger partial charge in [-0.05, 0) is 43.9 Å². The van der Waals surface area contributed by atoms with Crippen molar-refractivity contribution < 1.29 is 0 Å². The zero-order valence-electron chi connectivity index (χ0n) is 13.3. The number of imidazole rings is 1. The van der Waals surface area contributed by atoms with E-state index in [9.17, 15) is 0 Å². The highest BCUT2D eigenvalue weighted by Crippen LogP contribution is 2.29. The summed E-state index contributed by atoms with van der Waals surface area (Å²) in [6, 6.07) is 9.24. The Morgan fingerprint density at radius 1 is 1.24 bits per heavy atom. The minimum atomic E-state index is 0.685. The molecule has 3 heteroatoms. The third-order valence-electron chi connectivity index (χ3n) is 4.75. The summed E-state index contributed by atoms with van der Waals surface area (Å²) in [5.41, 5.74) is 2.45. The van der Waals surface area contributed by atoms with Crippen molar-refractivity contribution >= 4 is 11.0 Å². The Morgan fingerprint density at radius 3 is 2.90 bits per heavy atom. The third kappa shape index (κ3) is 2.98. The summed E-state index contributed by atoms with van der Waals surface area (Å²) in [4.78, 5) is 4.92. The van der Waals surface area contributed by atoms with Crippen molar-refractivity contribution in [2.45, 2.75) is 58.5 Å². The fourth-order valence-corrected chi connectivity index (χ4v) is 3.80. The number of nitrogens with one attached hydrogen (secondary N) is 1. The standard InChI is InChI=1S/C18H27N3/c1-3-12-21-17-11-6-5-9-16(17)20-18(21)13-14-8-7-10-15(14)19-4-2/h5-6,9,11,14-15,19H,3-4,7-8,10,12-13H2,1-2H3. The van der Waals surface area contributed by atoms with Gasteiger partial charge in [-0.15, -0.1) is 0 Å². The lowest BCUT2D eigenvalue weighted by Gasteiger charge is -2.20. The highest BCUT2D eigenvalue weighted by Gasteiger charge is 2.28. The van der Waals surface area contributed by atoms with Crippen molar-refractivity contribution in [2.75, 3.05) is 6.54 Å². The van der Waals surface area contributed by atoms with Crippen molar-refractivity contribution in [3.05, 3.63) is 30.1 Å². The highest BCUT2D eigenvalue weighted by atomic mass is 15.1. The van der Waals surface area contributed by atoms with E-state index in [1.807, 2.05) is 0 Å². The number of benzene rings is 1. The Balaban J connectivity index is 1.87. The van der Waals surface area contributed by atoms with E-state index in [2.05, 4.69) is 48.0 Å². The first-order valence-corrected chi connectivity index (χ1v) is 8.51. The molecule has 0 amide bonds. The second-order valence-electron chi connectivity index (χ2n) is 6.23. The van der Waals surface area contributed by atoms with Crippen LogP contribution in [0.25, 0.3) is 11.0 Å². The third-order valence-corrected chi connectivity index (χ3v) is 4.75. The number of aryl methyl sites for hydroxylation is 1. The first-order chi connectivity index (χ1) is 10.3. The van der Waals surface area contributed by atoms with Gasteiger partial charge in [-0.2, -0.15) is 0 Å². The van der Waals surface area contributed by atoms with Gasteiger partial charge in [-0.3, -0.25) is 0 Å². The van der Waals surface area contributed by atoms with E-state index in [-0.39, 0.29) is 0 Å². The molecule has 0 saturated heterocycles. The molecule has 1 aliphatic rings. The van der Waals surface area contributed by atoms with Crippen LogP contribution in [0.1, 0.15) is 45.4 Å². The fraction of sp³-hybridized carbons (Fsp3) is 0.611. The minimum absolute atomic E-state index is 0.685. The maximum atomic E-state index is 4.92. The molecule has 21 heavy (non-hydrogen) atoms. The predicted molar refractivity (Wildman–Crippen MR) is 88.5 cm³/mol. The van der Waals surface area contributed by atoms with Crippen molar-refractivity contribution in [3.8, 4) is 0 Å². The van der Waals surface area contributed by atoms with Gasteiger partial charge in [0.25, 0.3) is 0 Å². The van der Waals surface area contributed by atoms with Gasteiger partial charge in [0.15, 0.2) is 0 Å². The van der Waals surface area contributed by atoms with Crippen LogP contribution < -0.4 is 5.32 Å². The maximum Gasteiger partial charge on any atom is 0.110 e. The average Bonchev–Trinajstić information content (AvgIpc) is 3.06. The monoisotopic (exact) mass is 285 g/mol. The molecule has 1 N–H and O–H groups in total. The minimum Gasteiger partial charge on any atom is -0.328 e. The number of nitrogens with zero attached hydrogens (tertiary/aromatic N) is 2. The number of hydrogen-bond acceptors (Lipinski definition) is 2. The summed E-state index contributed by atoms with van der Waals surface area (Å²) < 4.78 is 2.44. The van der Waals surface area contributed by atoms with Gasteiger partial charge in [0.05, 0.1) is 11.0 Å². The Kier molecular flexibility index (Phi) is 4.59. The van der Waals surface area contributed by atoms with Crippen molar-refractivity contribution in [1.29, 1.82) is 0 Å². The zero-order valence-corrected chi connectivity index (χ0v) is 13.3. The van der Waals surface area contributed by atoms with E-state index >= 15 is 0 Å². The van der Waals surface area contributed by atoms with E-state index in [1.54, 1.807) is 0 Å². The van der Waals surface area contributed by atoms with E-state index in [1.165, 1.54) is 30.6 Å². The number of hydrogen-bond donors (Lipinski definition) is 1. The highest BCUT2D eigenvalue weighted by molar-refractivity contribution is 5.75. The van der Waals surface area contributed by atoms with Gasteiger partial charge in [0.2, 0.25) is 0 Å². The molecule has 1 aromatic carbocycles. The predicted octanol–water partition coefficient (Wildman–Crippen LogP) is 3.77. The van der Waals surface area contributed by atoms with Crippen LogP contribution in [0.2, 0.25) is 0 Å². The summed E-state index contributed by atoms with van der Waals surface area (Å²) >= 11 is 0. The van der Waals surface area contributed by atoms with Crippen LogP contribution in [0, 0.1) is 5.92 Å². The quantitative estimate of drug-likeness (QED) is 0.875. The van der Waals surface area contributed by atoms with Crippen LogP contribution in [0.5, 0.6) is 0 Å². The van der Waals surface area contributed by atoms with Crippen LogP contribution in [0.3, 0.4) is 0 Å². The first kappa shape index (κ1) is 14.6. The molecule has 1 heterocycles. The maximum absolute atomic E-state index is 4.92. The largest absolute Gasteiger partial charge is 0.328 e. The molecule has 3 nitrogen and oxygen atoms in total. The Morgan fingerprint density at radius 2 is 2.10 bits per heavy atom. The molecule has 2 unspecified atom stereocenters. The Hall–Kier alpha value is -1.35. The fourth-order valence-electron chi connectivity index (χ4n) is 3.80. The molecule has 0 spiro atoms. The molecule has 1 saturated carbocycles. The topological polar surface area (TPSA) is 29.9 Å². The molecular formula is C18H27N3. The van der Waals surface area contributed by atoms with Gasteiger partial charge in [0.1, 0.15) is 5.82 Å². The van der Waals surface area contributed by atoms with Crippen LogP contribution in [-0.2, 0) is 13.0 Å². The second kappa shape index (κ2) is 6.61. The molecule has 3 rings (SSSR count). The Bertz CT molecular complexity index is 587. The van der Waals surface area contributed by atoms with E-state index in [0.29, 0.717) is 6.04 Å². The smallest absolute Gasteiger partial charge is 0.110 e. The Labute approximate surface area is 127 Å². The number of para-hydroxylation sites is 2. The van der Waals surface area contributed by atoms with Gasteiger partial charge in [0, 0.05) is 19.0 Å². The summed E-state index contributed by atoms with van der Waals surface area (Å²) in [5, 5.41) is 3.66. The summed E-state index contributed by atoms with van der Waals surface area (Å²) in [6.07, 6.45) is 6.30. The van der Waals surface area contributed by atoms with Gasteiger partial charge in [-0.1, -0.05) is 32.4 Å². The van der Waals surface area contributed by atoms with Gasteiger partial charge >= 0.3 is 0 Å². The van der Waals surface area contributed by atoms with Crippen LogP contribution in [0.15, 0.2) is 24.3 Å². The molecule has 2 atom stereocenters. The molecule has 1 aliphatic carbocycles. The van der Waals surface area contributed by atoms with E-state index in [4.69, 9.17) is 4.98 Å². The number of rotatable bonds is 6. The normalized spacial score (nSPS) is 22.2. The molecule has 0 bridgehead atoms. The summed E-state index contributed by atoms with van der Waals surface area (Å²) in [5.74, 6) is 2.03. The number of fused-ring (bicyclic) bond motifs is 1. The first-order valence-electron chi connectivity index (χ1n) is 8.51. The molecule has 0 radical (unpaired) electrons. The molecule has 0 aliphatic heterocycles. The van der Waals surface area contributed by atoms with E-state index in [0.717, 1.165) is 37.4 Å². The zero-order chi connectivity index (χ0) is 14.7. The van der Waals surface area contributed by atoms with Crippen molar-refractivity contribution in [1.82, 2.24) is 14.9 Å². The van der Waals surface area contributed by atoms with Crippen LogP contribution in [0.4, 0.5) is 0 Å². The second-order valence-corrected chi connectivity index (χ2v) is 6.23. The lowest BCUT2D eigenvalue weighted by Crippen LogP contribution is -2.33. The summed E-state index contributed by atoms with van der Waals surface area (Å²) in [7, 11) is 0. The summed E-state index contributed by atoms with van der Waals surface area (Å²) in [6.45, 7) is 6.61. The van der Waals surface area contributed by atoms with Gasteiger partial charge < -0.3 is 9.88 Å². The van der Waals surface area contributed by atoms with Crippen molar-refractivity contribution in [3.63, 3.8) is 0 Å². The molecule has 1 aromatic heterocycles. The van der Waals surface area contributed by atoms with Crippen molar-refractivity contribution in [2.24, 2.45) is 5.92 Å². The molecule has 2 aromatic rings. The van der Waals surface area contributed by atoms with Crippen LogP contribution >= 0.6 is 0 Å².